The third-order valence-corrected chi connectivity index (χ3v) is 5.83. The summed E-state index contributed by atoms with van der Waals surface area (Å²) in [6.45, 7) is 0. The van der Waals surface area contributed by atoms with Crippen molar-refractivity contribution in [1.82, 2.24) is 0 Å². The van der Waals surface area contributed by atoms with Crippen molar-refractivity contribution in [3.63, 3.8) is 0 Å². The fraction of sp³-hybridized carbons (Fsp3) is 0. The van der Waals surface area contributed by atoms with Gasteiger partial charge in [-0.05, 0) is 29.8 Å². The van der Waals surface area contributed by atoms with Crippen LogP contribution < -0.4 is 4.72 Å². The molecule has 0 amide bonds. The van der Waals surface area contributed by atoms with E-state index in [4.69, 9.17) is 23.2 Å². The lowest BCUT2D eigenvalue weighted by atomic mass is 10.0. The number of carboxylic acids is 1. The highest BCUT2D eigenvalue weighted by Gasteiger charge is 2.25. The van der Waals surface area contributed by atoms with Crippen molar-refractivity contribution >= 4 is 44.9 Å². The van der Waals surface area contributed by atoms with Crippen LogP contribution in [0.4, 0.5) is 10.1 Å². The Bertz CT molecular complexity index is 1220. The zero-order chi connectivity index (χ0) is 21.3. The molecule has 29 heavy (non-hydrogen) atoms. The fourth-order valence-electron chi connectivity index (χ4n) is 2.62. The van der Waals surface area contributed by atoms with Crippen LogP contribution in [0.5, 0.6) is 5.75 Å². The number of carbonyl (C=O) groups is 1. The Morgan fingerprint density at radius 3 is 2.31 bits per heavy atom. The van der Waals surface area contributed by atoms with Crippen LogP contribution in [0.15, 0.2) is 59.5 Å². The van der Waals surface area contributed by atoms with Crippen LogP contribution in [0.3, 0.4) is 0 Å². The molecular weight excluding hydrogens is 444 g/mol. The average Bonchev–Trinajstić information content (AvgIpc) is 2.66. The highest BCUT2D eigenvalue weighted by atomic mass is 35.5. The number of rotatable bonds is 5. The maximum atomic E-state index is 14.5. The lowest BCUT2D eigenvalue weighted by Crippen LogP contribution is -2.16. The van der Waals surface area contributed by atoms with Crippen molar-refractivity contribution < 1.29 is 27.8 Å². The van der Waals surface area contributed by atoms with Gasteiger partial charge in [-0.1, -0.05) is 53.5 Å². The van der Waals surface area contributed by atoms with Crippen LogP contribution >= 0.6 is 23.2 Å². The molecule has 3 aromatic carbocycles. The van der Waals surface area contributed by atoms with E-state index in [9.17, 15) is 27.8 Å². The van der Waals surface area contributed by atoms with Crippen molar-refractivity contribution in [1.29, 1.82) is 0 Å². The Kier molecular flexibility index (Phi) is 5.70. The molecule has 3 rings (SSSR count). The minimum atomic E-state index is -4.51. The van der Waals surface area contributed by atoms with Gasteiger partial charge in [-0.15, -0.1) is 0 Å². The van der Waals surface area contributed by atoms with E-state index in [2.05, 4.69) is 4.72 Å². The van der Waals surface area contributed by atoms with E-state index in [-0.39, 0.29) is 15.6 Å². The topological polar surface area (TPSA) is 104 Å². The molecule has 0 saturated carbocycles. The molecule has 0 unspecified atom stereocenters. The van der Waals surface area contributed by atoms with Crippen molar-refractivity contribution in [2.75, 3.05) is 4.72 Å². The molecule has 0 aliphatic rings. The van der Waals surface area contributed by atoms with Crippen molar-refractivity contribution in [3.8, 4) is 16.9 Å². The number of benzene rings is 3. The number of phenolic OH excluding ortho intramolecular Hbond substituents is 1. The van der Waals surface area contributed by atoms with Crippen molar-refractivity contribution in [2.45, 2.75) is 4.90 Å². The molecule has 0 aliphatic carbocycles. The standard InChI is InChI=1S/C19H12Cl2FNO5S/c20-11-6-14(21)18(24)17(7-11)29(27,28)23-16-9-12(10-4-2-1-3-5-10)15(22)8-13(16)19(25)26/h1-9,23-24H,(H,25,26). The third kappa shape index (κ3) is 4.29. The largest absolute Gasteiger partial charge is 0.505 e. The average molecular weight is 456 g/mol. The minimum absolute atomic E-state index is 0.0124. The third-order valence-electron chi connectivity index (χ3n) is 3.95. The van der Waals surface area contributed by atoms with Crippen LogP contribution in [0.2, 0.25) is 10.0 Å². The predicted molar refractivity (Wildman–Crippen MR) is 108 cm³/mol. The summed E-state index contributed by atoms with van der Waals surface area (Å²) >= 11 is 11.6. The molecule has 0 fully saturated rings. The SMILES string of the molecule is O=C(O)c1cc(F)c(-c2ccccc2)cc1NS(=O)(=O)c1cc(Cl)cc(Cl)c1O. The van der Waals surface area contributed by atoms with Crippen LogP contribution in [0, 0.1) is 5.82 Å². The molecule has 150 valence electrons. The molecule has 0 aliphatic heterocycles. The van der Waals surface area contributed by atoms with Gasteiger partial charge in [-0.3, -0.25) is 4.72 Å². The number of halogens is 3. The predicted octanol–water partition coefficient (Wildman–Crippen LogP) is 5.00. The van der Waals surface area contributed by atoms with Gasteiger partial charge in [0.25, 0.3) is 10.0 Å². The summed E-state index contributed by atoms with van der Waals surface area (Å²) in [5.74, 6) is -3.15. The molecule has 0 heterocycles. The van der Waals surface area contributed by atoms with Crippen molar-refractivity contribution in [3.05, 3.63) is 76.0 Å². The molecular formula is C19H12Cl2FNO5S. The summed E-state index contributed by atoms with van der Waals surface area (Å²) in [5, 5.41) is 19.0. The normalized spacial score (nSPS) is 11.3. The second kappa shape index (κ2) is 7.90. The minimum Gasteiger partial charge on any atom is -0.505 e. The molecule has 0 radical (unpaired) electrons. The Morgan fingerprint density at radius 1 is 1.03 bits per heavy atom. The summed E-state index contributed by atoms with van der Waals surface area (Å²) in [5.41, 5.74) is -0.607. The lowest BCUT2D eigenvalue weighted by Gasteiger charge is -2.15. The smallest absolute Gasteiger partial charge is 0.337 e. The number of hydrogen-bond donors (Lipinski definition) is 3. The van der Waals surface area contributed by atoms with E-state index in [0.717, 1.165) is 18.2 Å². The lowest BCUT2D eigenvalue weighted by molar-refractivity contribution is 0.0697. The first kappa shape index (κ1) is 20.9. The maximum absolute atomic E-state index is 14.5. The Balaban J connectivity index is 2.16. The quantitative estimate of drug-likeness (QED) is 0.501. The molecule has 3 N–H and O–H groups in total. The maximum Gasteiger partial charge on any atom is 0.337 e. The molecule has 6 nitrogen and oxygen atoms in total. The van der Waals surface area contributed by atoms with E-state index in [1.54, 1.807) is 30.3 Å². The van der Waals surface area contributed by atoms with E-state index in [1.807, 2.05) is 0 Å². The summed E-state index contributed by atoms with van der Waals surface area (Å²) in [6.07, 6.45) is 0. The summed E-state index contributed by atoms with van der Waals surface area (Å²) in [6, 6.07) is 12.0. The van der Waals surface area contributed by atoms with E-state index >= 15 is 0 Å². The first-order chi connectivity index (χ1) is 13.6. The zero-order valence-corrected chi connectivity index (χ0v) is 16.7. The number of aromatic carboxylic acids is 1. The van der Waals surface area contributed by atoms with Gasteiger partial charge in [0.05, 0.1) is 16.3 Å². The van der Waals surface area contributed by atoms with Gasteiger partial charge in [0.1, 0.15) is 10.7 Å². The molecule has 0 saturated heterocycles. The van der Waals surface area contributed by atoms with Crippen molar-refractivity contribution in [2.24, 2.45) is 0 Å². The first-order valence-corrected chi connectivity index (χ1v) is 10.2. The second-order valence-electron chi connectivity index (χ2n) is 5.89. The molecule has 0 aromatic heterocycles. The Labute approximate surface area is 175 Å². The molecule has 0 atom stereocenters. The second-order valence-corrected chi connectivity index (χ2v) is 8.38. The monoisotopic (exact) mass is 455 g/mol. The molecule has 3 aromatic rings. The number of aromatic hydroxyl groups is 1. The van der Waals surface area contributed by atoms with Crippen LogP contribution in [-0.4, -0.2) is 24.6 Å². The molecule has 10 heteroatoms. The van der Waals surface area contributed by atoms with Gasteiger partial charge in [-0.2, -0.15) is 0 Å². The van der Waals surface area contributed by atoms with Crippen LogP contribution in [-0.2, 0) is 10.0 Å². The molecule has 0 bridgehead atoms. The highest BCUT2D eigenvalue weighted by Crippen LogP contribution is 2.36. The number of hydrogen-bond acceptors (Lipinski definition) is 4. The summed E-state index contributed by atoms with van der Waals surface area (Å²) in [4.78, 5) is 10.9. The van der Waals surface area contributed by atoms with Gasteiger partial charge in [0, 0.05) is 10.6 Å². The van der Waals surface area contributed by atoms with Gasteiger partial charge < -0.3 is 10.2 Å². The number of phenols is 1. The van der Waals surface area contributed by atoms with Gasteiger partial charge in [-0.25, -0.2) is 17.6 Å². The number of sulfonamides is 1. The first-order valence-electron chi connectivity index (χ1n) is 7.93. The Hall–Kier alpha value is -2.81. The van der Waals surface area contributed by atoms with Crippen LogP contribution in [0.1, 0.15) is 10.4 Å². The fourth-order valence-corrected chi connectivity index (χ4v) is 4.45. The van der Waals surface area contributed by atoms with E-state index < -0.39 is 43.7 Å². The highest BCUT2D eigenvalue weighted by molar-refractivity contribution is 7.92. The van der Waals surface area contributed by atoms with Gasteiger partial charge in [0.2, 0.25) is 0 Å². The van der Waals surface area contributed by atoms with E-state index in [0.29, 0.717) is 11.6 Å². The number of nitrogens with one attached hydrogen (secondary N) is 1. The summed E-state index contributed by atoms with van der Waals surface area (Å²) in [7, 11) is -4.51. The number of carboxylic acid groups (broad SMARTS) is 1. The van der Waals surface area contributed by atoms with Gasteiger partial charge in [0.15, 0.2) is 5.75 Å². The summed E-state index contributed by atoms with van der Waals surface area (Å²) < 4.78 is 42.1. The zero-order valence-electron chi connectivity index (χ0n) is 14.4. The Morgan fingerprint density at radius 2 is 1.69 bits per heavy atom. The number of anilines is 1. The molecule has 0 spiro atoms. The van der Waals surface area contributed by atoms with Crippen LogP contribution in [0.25, 0.3) is 11.1 Å². The van der Waals surface area contributed by atoms with Gasteiger partial charge >= 0.3 is 5.97 Å². The van der Waals surface area contributed by atoms with E-state index in [1.165, 1.54) is 0 Å².